The summed E-state index contributed by atoms with van der Waals surface area (Å²) in [5, 5.41) is 3.97. The van der Waals surface area contributed by atoms with E-state index in [2.05, 4.69) is 10.6 Å². The van der Waals surface area contributed by atoms with Crippen LogP contribution in [0.2, 0.25) is 0 Å². The number of thioether (sulfide) groups is 1. The number of nitrogens with one attached hydrogen (secondary N) is 2. The highest BCUT2D eigenvalue weighted by molar-refractivity contribution is 8.00. The molecule has 0 aliphatic rings. The summed E-state index contributed by atoms with van der Waals surface area (Å²) in [6.07, 6.45) is -4.60. The van der Waals surface area contributed by atoms with Crippen molar-refractivity contribution in [3.63, 3.8) is 0 Å². The molecule has 1 heterocycles. The lowest BCUT2D eigenvalue weighted by Gasteiger charge is -2.15. The van der Waals surface area contributed by atoms with Crippen molar-refractivity contribution in [1.29, 1.82) is 0 Å². The van der Waals surface area contributed by atoms with Crippen LogP contribution in [-0.4, -0.2) is 16.4 Å². The topological polar surface area (TPSA) is 79.0 Å². The number of para-hydroxylation sites is 1. The molecule has 152 valence electrons. The average molecular weight is 424 g/mol. The van der Waals surface area contributed by atoms with Gasteiger partial charge >= 0.3 is 16.8 Å². The number of carbonyl (C=O) groups excluding carboxylic acids is 1. The lowest BCUT2D eigenvalue weighted by atomic mass is 10.1. The number of anilines is 1. The minimum absolute atomic E-state index is 0.0978. The fourth-order valence-electron chi connectivity index (χ4n) is 2.52. The normalized spacial score (nSPS) is 12.6. The second-order valence-electron chi connectivity index (χ2n) is 6.25. The molecule has 0 aliphatic heterocycles. The third-order valence-electron chi connectivity index (χ3n) is 4.05. The van der Waals surface area contributed by atoms with E-state index in [4.69, 9.17) is 4.52 Å². The van der Waals surface area contributed by atoms with Crippen LogP contribution in [0.1, 0.15) is 18.1 Å². The Hall–Kier alpha value is -3.01. The first-order valence-corrected chi connectivity index (χ1v) is 9.39. The molecule has 6 nitrogen and oxygen atoms in total. The quantitative estimate of drug-likeness (QED) is 0.484. The number of H-pyrrole nitrogens is 1. The zero-order valence-corrected chi connectivity index (χ0v) is 16.2. The van der Waals surface area contributed by atoms with E-state index < -0.39 is 28.5 Å². The van der Waals surface area contributed by atoms with Crippen LogP contribution < -0.4 is 15.6 Å². The number of nitrogens with zero attached hydrogens (tertiary/aromatic N) is 1. The number of aryl methyl sites for hydroxylation is 1. The van der Waals surface area contributed by atoms with Gasteiger partial charge in [0.25, 0.3) is 0 Å². The average Bonchev–Trinajstić information content (AvgIpc) is 3.02. The molecule has 0 radical (unpaired) electrons. The van der Waals surface area contributed by atoms with Crippen LogP contribution in [-0.2, 0) is 11.0 Å². The highest BCUT2D eigenvalue weighted by Gasteiger charge is 2.34. The summed E-state index contributed by atoms with van der Waals surface area (Å²) in [5.74, 6) is -0.678. The fourth-order valence-corrected chi connectivity index (χ4v) is 3.41. The Kier molecular flexibility index (Phi) is 5.83. The zero-order valence-electron chi connectivity index (χ0n) is 15.4. The van der Waals surface area contributed by atoms with Crippen molar-refractivity contribution in [2.45, 2.75) is 30.3 Å². The molecular weight excluding hydrogens is 407 g/mol. The molecule has 2 N–H and O–H groups in total. The molecule has 2 aromatic carbocycles. The Labute approximate surface area is 167 Å². The van der Waals surface area contributed by atoms with Crippen LogP contribution >= 0.6 is 11.8 Å². The van der Waals surface area contributed by atoms with E-state index in [1.165, 1.54) is 29.8 Å². The van der Waals surface area contributed by atoms with Crippen molar-refractivity contribution in [1.82, 2.24) is 5.27 Å². The molecule has 0 bridgehead atoms. The van der Waals surface area contributed by atoms with Crippen LogP contribution in [0.25, 0.3) is 5.69 Å². The molecule has 10 heteroatoms. The monoisotopic (exact) mass is 424 g/mol. The van der Waals surface area contributed by atoms with Crippen LogP contribution in [0.3, 0.4) is 0 Å². The van der Waals surface area contributed by atoms with Gasteiger partial charge in [-0.2, -0.15) is 13.2 Å². The number of benzene rings is 2. The van der Waals surface area contributed by atoms with Gasteiger partial charge in [-0.15, -0.1) is 0 Å². The number of rotatable bonds is 5. The Balaban J connectivity index is 1.81. The van der Waals surface area contributed by atoms with E-state index in [0.29, 0.717) is 5.69 Å². The minimum Gasteiger partial charge on any atom is -0.325 e. The number of hydrogen-bond acceptors (Lipinski definition) is 4. The number of aromatic nitrogens is 2. The van der Waals surface area contributed by atoms with Gasteiger partial charge in [0.05, 0.1) is 16.5 Å². The SMILES string of the molecule is Cc1ccc(-[n+]2[nH]oc(=O)c2SC(C)C(=O)Nc2ccccc2C(F)(F)F)cc1. The van der Waals surface area contributed by atoms with Gasteiger partial charge in [0, 0.05) is 12.1 Å². The molecule has 0 aliphatic carbocycles. The number of alkyl halides is 3. The second kappa shape index (κ2) is 8.16. The van der Waals surface area contributed by atoms with E-state index in [9.17, 15) is 22.8 Å². The van der Waals surface area contributed by atoms with Gasteiger partial charge in [-0.3, -0.25) is 9.32 Å². The number of amides is 1. The molecule has 0 saturated heterocycles. The van der Waals surface area contributed by atoms with Crippen LogP contribution in [0.15, 0.2) is 62.9 Å². The van der Waals surface area contributed by atoms with Gasteiger partial charge in [0.2, 0.25) is 11.6 Å². The van der Waals surface area contributed by atoms with E-state index in [1.54, 1.807) is 12.1 Å². The molecule has 29 heavy (non-hydrogen) atoms. The van der Waals surface area contributed by atoms with Gasteiger partial charge in [0.1, 0.15) is 0 Å². The lowest BCUT2D eigenvalue weighted by molar-refractivity contribution is -0.704. The second-order valence-corrected chi connectivity index (χ2v) is 7.58. The van der Waals surface area contributed by atoms with Crippen molar-refractivity contribution in [3.8, 4) is 5.69 Å². The molecule has 1 unspecified atom stereocenters. The Morgan fingerprint density at radius 2 is 1.83 bits per heavy atom. The maximum atomic E-state index is 13.1. The third kappa shape index (κ3) is 4.70. The molecule has 1 aromatic heterocycles. The molecule has 0 fully saturated rings. The lowest BCUT2D eigenvalue weighted by Crippen LogP contribution is -2.37. The van der Waals surface area contributed by atoms with Crippen molar-refractivity contribution < 1.29 is 27.2 Å². The van der Waals surface area contributed by atoms with Crippen molar-refractivity contribution in [2.24, 2.45) is 0 Å². The molecule has 0 saturated carbocycles. The Bertz CT molecular complexity index is 1070. The summed E-state index contributed by atoms with van der Waals surface area (Å²) < 4.78 is 45.5. The maximum absolute atomic E-state index is 13.1. The summed E-state index contributed by atoms with van der Waals surface area (Å²) in [6.45, 7) is 3.40. The van der Waals surface area contributed by atoms with Gasteiger partial charge < -0.3 is 5.32 Å². The smallest absolute Gasteiger partial charge is 0.325 e. The van der Waals surface area contributed by atoms with Crippen molar-refractivity contribution >= 4 is 23.4 Å². The molecule has 1 atom stereocenters. The third-order valence-corrected chi connectivity index (χ3v) is 5.19. The van der Waals surface area contributed by atoms with E-state index >= 15 is 0 Å². The summed E-state index contributed by atoms with van der Waals surface area (Å²) in [5.41, 5.74) is -0.346. The predicted octanol–water partition coefficient (Wildman–Crippen LogP) is 3.69. The summed E-state index contributed by atoms with van der Waals surface area (Å²) in [6, 6.07) is 11.9. The number of carbonyl (C=O) groups is 1. The first kappa shape index (κ1) is 20.7. The number of halogens is 3. The maximum Gasteiger partial charge on any atom is 0.442 e. The first-order valence-electron chi connectivity index (χ1n) is 8.51. The molecule has 1 amide bonds. The Morgan fingerprint density at radius 1 is 1.17 bits per heavy atom. The minimum atomic E-state index is -4.60. The molecular formula is C19H17F3N3O3S+. The van der Waals surface area contributed by atoms with Crippen LogP contribution in [0, 0.1) is 6.92 Å². The molecule has 0 spiro atoms. The van der Waals surface area contributed by atoms with E-state index in [1.807, 2.05) is 19.1 Å². The van der Waals surface area contributed by atoms with Crippen molar-refractivity contribution in [2.75, 3.05) is 5.32 Å². The summed E-state index contributed by atoms with van der Waals surface area (Å²) >= 11 is 0.875. The number of aromatic amines is 1. The fraction of sp³-hybridized carbons (Fsp3) is 0.211. The van der Waals surface area contributed by atoms with E-state index in [-0.39, 0.29) is 10.7 Å². The molecule has 3 rings (SSSR count). The van der Waals surface area contributed by atoms with Gasteiger partial charge in [0.15, 0.2) is 0 Å². The first-order chi connectivity index (χ1) is 13.7. The number of hydrogen-bond donors (Lipinski definition) is 2. The summed E-state index contributed by atoms with van der Waals surface area (Å²) in [4.78, 5) is 24.5. The van der Waals surface area contributed by atoms with Gasteiger partial charge in [-0.05, 0) is 47.7 Å². The van der Waals surface area contributed by atoms with Crippen LogP contribution in [0.4, 0.5) is 18.9 Å². The highest BCUT2D eigenvalue weighted by atomic mass is 32.2. The standard InChI is InChI=1S/C19H16F3N3O3S/c1-11-7-9-13(10-8-11)25-17(18(27)28-24-25)29-12(2)16(26)23-15-6-4-3-5-14(15)19(20,21)22/h3-10,12H,1-2H3,(H-,23,24,26,27)/p+1. The zero-order chi connectivity index (χ0) is 21.2. The van der Waals surface area contributed by atoms with Gasteiger partial charge in [-0.25, -0.2) is 4.79 Å². The van der Waals surface area contributed by atoms with Gasteiger partial charge in [-0.1, -0.05) is 29.8 Å². The van der Waals surface area contributed by atoms with Crippen LogP contribution in [0.5, 0.6) is 0 Å². The van der Waals surface area contributed by atoms with E-state index in [0.717, 1.165) is 23.4 Å². The molecule has 3 aromatic rings. The van der Waals surface area contributed by atoms with Crippen molar-refractivity contribution in [3.05, 3.63) is 70.1 Å². The summed E-state index contributed by atoms with van der Waals surface area (Å²) in [7, 11) is 0. The highest BCUT2D eigenvalue weighted by Crippen LogP contribution is 2.35. The Morgan fingerprint density at radius 3 is 2.48 bits per heavy atom. The predicted molar refractivity (Wildman–Crippen MR) is 101 cm³/mol. The largest absolute Gasteiger partial charge is 0.442 e.